The van der Waals surface area contributed by atoms with E-state index in [-0.39, 0.29) is 0 Å². The van der Waals surface area contributed by atoms with Gasteiger partial charge in [-0.3, -0.25) is 4.98 Å². The molecule has 0 radical (unpaired) electrons. The summed E-state index contributed by atoms with van der Waals surface area (Å²) in [5.41, 5.74) is 4.41. The van der Waals surface area contributed by atoms with Crippen LogP contribution >= 0.6 is 0 Å². The second-order valence-corrected chi connectivity index (χ2v) is 4.55. The van der Waals surface area contributed by atoms with Crippen LogP contribution in [-0.4, -0.2) is 14.8 Å². The van der Waals surface area contributed by atoms with Gasteiger partial charge in [-0.2, -0.15) is 10.4 Å². The maximum atomic E-state index is 9.05. The van der Waals surface area contributed by atoms with Gasteiger partial charge in [-0.1, -0.05) is 0 Å². The smallest absolute Gasteiger partial charge is 0.0991 e. The Labute approximate surface area is 116 Å². The summed E-state index contributed by atoms with van der Waals surface area (Å²) in [4.78, 5) is 4.39. The maximum absolute atomic E-state index is 9.05. The highest BCUT2D eigenvalue weighted by atomic mass is 15.3. The van der Waals surface area contributed by atoms with Crippen molar-refractivity contribution in [2.45, 2.75) is 6.92 Å². The molecule has 0 aliphatic rings. The number of nitriles is 1. The zero-order valence-corrected chi connectivity index (χ0v) is 11.0. The molecule has 0 fully saturated rings. The van der Waals surface area contributed by atoms with Crippen molar-refractivity contribution in [3.63, 3.8) is 0 Å². The second kappa shape index (κ2) is 4.98. The lowest BCUT2D eigenvalue weighted by molar-refractivity contribution is 0.878. The summed E-state index contributed by atoms with van der Waals surface area (Å²) in [7, 11) is 0. The molecule has 96 valence electrons. The number of aryl methyl sites for hydroxylation is 1. The first-order valence-corrected chi connectivity index (χ1v) is 6.24. The van der Waals surface area contributed by atoms with E-state index in [1.165, 1.54) is 0 Å². The molecule has 3 aromatic rings. The third-order valence-corrected chi connectivity index (χ3v) is 3.01. The van der Waals surface area contributed by atoms with E-state index in [1.54, 1.807) is 17.1 Å². The number of hydrogen-bond donors (Lipinski definition) is 0. The van der Waals surface area contributed by atoms with Crippen molar-refractivity contribution < 1.29 is 0 Å². The number of hydrogen-bond acceptors (Lipinski definition) is 3. The number of aromatic nitrogens is 3. The van der Waals surface area contributed by atoms with Gasteiger partial charge in [0.25, 0.3) is 0 Å². The first kappa shape index (κ1) is 12.1. The molecular weight excluding hydrogens is 248 g/mol. The predicted octanol–water partition coefficient (Wildman–Crippen LogP) is 3.11. The van der Waals surface area contributed by atoms with Crippen LogP contribution < -0.4 is 0 Å². The van der Waals surface area contributed by atoms with Crippen LogP contribution in [-0.2, 0) is 0 Å². The Balaban J connectivity index is 2.09. The molecule has 0 spiro atoms. The van der Waals surface area contributed by atoms with Crippen molar-refractivity contribution >= 4 is 0 Å². The van der Waals surface area contributed by atoms with Crippen molar-refractivity contribution in [2.75, 3.05) is 0 Å². The minimum atomic E-state index is 0.645. The van der Waals surface area contributed by atoms with Crippen molar-refractivity contribution in [1.29, 1.82) is 5.26 Å². The fourth-order valence-corrected chi connectivity index (χ4v) is 2.14. The molecule has 0 saturated carbocycles. The van der Waals surface area contributed by atoms with E-state index in [1.807, 2.05) is 49.5 Å². The molecule has 0 saturated heterocycles. The maximum Gasteiger partial charge on any atom is 0.0991 e. The Kier molecular flexibility index (Phi) is 3.02. The Morgan fingerprint density at radius 1 is 1.15 bits per heavy atom. The van der Waals surface area contributed by atoms with E-state index in [2.05, 4.69) is 16.2 Å². The summed E-state index contributed by atoms with van der Waals surface area (Å²) < 4.78 is 1.78. The van der Waals surface area contributed by atoms with E-state index in [0.717, 1.165) is 22.5 Å². The summed E-state index contributed by atoms with van der Waals surface area (Å²) in [6.07, 6.45) is 5.37. The predicted molar refractivity (Wildman–Crippen MR) is 76.2 cm³/mol. The molecule has 2 heterocycles. The van der Waals surface area contributed by atoms with Gasteiger partial charge in [-0.05, 0) is 48.9 Å². The second-order valence-electron chi connectivity index (χ2n) is 4.55. The van der Waals surface area contributed by atoms with Crippen LogP contribution in [0.2, 0.25) is 0 Å². The van der Waals surface area contributed by atoms with Crippen LogP contribution in [0.25, 0.3) is 16.9 Å². The molecule has 0 amide bonds. The van der Waals surface area contributed by atoms with Crippen LogP contribution in [0, 0.1) is 18.3 Å². The highest BCUT2D eigenvalue weighted by Gasteiger charge is 2.05. The van der Waals surface area contributed by atoms with Crippen LogP contribution in [0.4, 0.5) is 0 Å². The monoisotopic (exact) mass is 260 g/mol. The van der Waals surface area contributed by atoms with Crippen LogP contribution in [0.15, 0.2) is 55.0 Å². The minimum absolute atomic E-state index is 0.645. The molecule has 0 N–H and O–H groups in total. The van der Waals surface area contributed by atoms with Gasteiger partial charge in [0.1, 0.15) is 0 Å². The molecule has 1 aromatic carbocycles. The van der Waals surface area contributed by atoms with Crippen molar-refractivity contribution in [3.8, 4) is 23.0 Å². The average Bonchev–Trinajstić information content (AvgIpc) is 3.01. The highest BCUT2D eigenvalue weighted by Crippen LogP contribution is 2.22. The molecule has 0 unspecified atom stereocenters. The first-order valence-electron chi connectivity index (χ1n) is 6.24. The van der Waals surface area contributed by atoms with Gasteiger partial charge < -0.3 is 0 Å². The summed E-state index contributed by atoms with van der Waals surface area (Å²) >= 11 is 0. The average molecular weight is 260 g/mol. The van der Waals surface area contributed by atoms with Crippen LogP contribution in [0.3, 0.4) is 0 Å². The Bertz CT molecular complexity index is 782. The van der Waals surface area contributed by atoms with E-state index in [4.69, 9.17) is 5.26 Å². The van der Waals surface area contributed by atoms with Gasteiger partial charge in [0.2, 0.25) is 0 Å². The molecule has 4 heteroatoms. The SMILES string of the molecule is Cc1cc(C#N)cc(-c2cc(-n3cccn3)ccn2)c1. The standard InChI is InChI=1S/C16H12N4/c1-12-7-13(11-17)9-14(8-12)16-10-15(3-5-18-16)20-6-2-4-19-20/h2-10H,1H3. The summed E-state index contributed by atoms with van der Waals surface area (Å²) in [6.45, 7) is 1.97. The van der Waals surface area contributed by atoms with Gasteiger partial charge >= 0.3 is 0 Å². The number of nitrogens with zero attached hydrogens (tertiary/aromatic N) is 4. The molecule has 3 rings (SSSR count). The van der Waals surface area contributed by atoms with Gasteiger partial charge in [0.05, 0.1) is 23.0 Å². The van der Waals surface area contributed by atoms with Gasteiger partial charge in [0, 0.05) is 24.2 Å². The van der Waals surface area contributed by atoms with E-state index in [9.17, 15) is 0 Å². The third-order valence-electron chi connectivity index (χ3n) is 3.01. The lowest BCUT2D eigenvalue weighted by atomic mass is 10.0. The largest absolute Gasteiger partial charge is 0.256 e. The Morgan fingerprint density at radius 3 is 2.80 bits per heavy atom. The topological polar surface area (TPSA) is 54.5 Å². The van der Waals surface area contributed by atoms with Crippen LogP contribution in [0.1, 0.15) is 11.1 Å². The van der Waals surface area contributed by atoms with Crippen molar-refractivity contribution in [2.24, 2.45) is 0 Å². The summed E-state index contributed by atoms with van der Waals surface area (Å²) in [6, 6.07) is 13.6. The summed E-state index contributed by atoms with van der Waals surface area (Å²) in [5, 5.41) is 13.3. The van der Waals surface area contributed by atoms with Crippen molar-refractivity contribution in [1.82, 2.24) is 14.8 Å². The molecule has 0 aliphatic carbocycles. The summed E-state index contributed by atoms with van der Waals surface area (Å²) in [5.74, 6) is 0. The first-order chi connectivity index (χ1) is 9.76. The van der Waals surface area contributed by atoms with E-state index < -0.39 is 0 Å². The van der Waals surface area contributed by atoms with E-state index in [0.29, 0.717) is 5.56 Å². The molecule has 0 bridgehead atoms. The van der Waals surface area contributed by atoms with Gasteiger partial charge in [-0.15, -0.1) is 0 Å². The fraction of sp³-hybridized carbons (Fsp3) is 0.0625. The van der Waals surface area contributed by atoms with Crippen LogP contribution in [0.5, 0.6) is 0 Å². The molecule has 20 heavy (non-hydrogen) atoms. The highest BCUT2D eigenvalue weighted by molar-refractivity contribution is 5.64. The fourth-order valence-electron chi connectivity index (χ4n) is 2.14. The zero-order chi connectivity index (χ0) is 13.9. The zero-order valence-electron chi connectivity index (χ0n) is 11.0. The normalized spacial score (nSPS) is 10.2. The quantitative estimate of drug-likeness (QED) is 0.711. The number of pyridine rings is 1. The van der Waals surface area contributed by atoms with Gasteiger partial charge in [0.15, 0.2) is 0 Å². The third kappa shape index (κ3) is 2.29. The molecular formula is C16H12N4. The Morgan fingerprint density at radius 2 is 2.05 bits per heavy atom. The minimum Gasteiger partial charge on any atom is -0.256 e. The molecule has 4 nitrogen and oxygen atoms in total. The molecule has 2 aromatic heterocycles. The lowest BCUT2D eigenvalue weighted by Crippen LogP contribution is -1.96. The van der Waals surface area contributed by atoms with Gasteiger partial charge in [-0.25, -0.2) is 4.68 Å². The Hall–Kier alpha value is -2.93. The lowest BCUT2D eigenvalue weighted by Gasteiger charge is -2.06. The van der Waals surface area contributed by atoms with E-state index >= 15 is 0 Å². The molecule has 0 aliphatic heterocycles. The number of rotatable bonds is 2. The number of benzene rings is 1. The molecule has 0 atom stereocenters. The van der Waals surface area contributed by atoms with Crippen molar-refractivity contribution in [3.05, 3.63) is 66.1 Å².